The van der Waals surface area contributed by atoms with Crippen LogP contribution in [0.15, 0.2) is 29.3 Å². The van der Waals surface area contributed by atoms with Crippen molar-refractivity contribution in [2.24, 2.45) is 4.99 Å². The first-order valence-corrected chi connectivity index (χ1v) is 6.68. The van der Waals surface area contributed by atoms with Crippen LogP contribution in [0.1, 0.15) is 30.4 Å². The predicted octanol–water partition coefficient (Wildman–Crippen LogP) is 2.25. The highest BCUT2D eigenvalue weighted by Crippen LogP contribution is 2.29. The van der Waals surface area contributed by atoms with Crippen molar-refractivity contribution in [3.63, 3.8) is 0 Å². The molecule has 1 fully saturated rings. The maximum Gasteiger partial charge on any atom is 0.188 e. The Labute approximate surface area is 108 Å². The number of ether oxygens (including phenoxy) is 1. The van der Waals surface area contributed by atoms with Gasteiger partial charge in [0, 0.05) is 12.8 Å². The molecule has 0 amide bonds. The van der Waals surface area contributed by atoms with Gasteiger partial charge in [-0.2, -0.15) is 0 Å². The van der Waals surface area contributed by atoms with Crippen molar-refractivity contribution in [1.82, 2.24) is 0 Å². The van der Waals surface area contributed by atoms with E-state index in [1.807, 2.05) is 6.07 Å². The highest BCUT2D eigenvalue weighted by atomic mass is 16.5. The summed E-state index contributed by atoms with van der Waals surface area (Å²) in [5, 5.41) is 9.65. The van der Waals surface area contributed by atoms with Crippen molar-refractivity contribution in [1.29, 1.82) is 0 Å². The van der Waals surface area contributed by atoms with Crippen LogP contribution in [0.5, 0.6) is 0 Å². The van der Waals surface area contributed by atoms with Gasteiger partial charge in [0.05, 0.1) is 12.1 Å². The Bertz CT molecular complexity index is 469. The Morgan fingerprint density at radius 1 is 1.33 bits per heavy atom. The van der Waals surface area contributed by atoms with Gasteiger partial charge < -0.3 is 9.84 Å². The third kappa shape index (κ3) is 2.27. The van der Waals surface area contributed by atoms with Gasteiger partial charge in [0.25, 0.3) is 0 Å². The molecule has 1 aromatic rings. The summed E-state index contributed by atoms with van der Waals surface area (Å²) in [7, 11) is 0. The van der Waals surface area contributed by atoms with Gasteiger partial charge in [0.2, 0.25) is 0 Å². The van der Waals surface area contributed by atoms with E-state index in [0.717, 1.165) is 31.6 Å². The molecule has 1 heterocycles. The number of aliphatic imine (C=N–C) groups is 1. The molecule has 0 radical (unpaired) electrons. The Balaban J connectivity index is 1.70. The first-order valence-electron chi connectivity index (χ1n) is 6.68. The number of aliphatic hydroxyl groups is 1. The van der Waals surface area contributed by atoms with Crippen LogP contribution >= 0.6 is 0 Å². The van der Waals surface area contributed by atoms with Gasteiger partial charge in [-0.15, -0.1) is 0 Å². The van der Waals surface area contributed by atoms with Gasteiger partial charge in [-0.05, 0) is 30.9 Å². The molecule has 1 aromatic carbocycles. The molecule has 0 spiro atoms. The maximum atomic E-state index is 9.65. The molecular formula is C15H19NO2. The van der Waals surface area contributed by atoms with E-state index < -0.39 is 0 Å². The van der Waals surface area contributed by atoms with Crippen LogP contribution in [0, 0.1) is 6.92 Å². The average Bonchev–Trinajstić information content (AvgIpc) is 2.73. The molecule has 1 aliphatic heterocycles. The molecule has 3 nitrogen and oxygen atoms in total. The Hall–Kier alpha value is -1.35. The first kappa shape index (κ1) is 11.7. The highest BCUT2D eigenvalue weighted by Gasteiger charge is 2.36. The molecule has 0 bridgehead atoms. The first-order chi connectivity index (χ1) is 8.72. The van der Waals surface area contributed by atoms with E-state index in [-0.39, 0.29) is 18.2 Å². The van der Waals surface area contributed by atoms with Gasteiger partial charge in [0.15, 0.2) is 5.90 Å². The normalized spacial score (nSPS) is 30.6. The van der Waals surface area contributed by atoms with Crippen LogP contribution in [-0.4, -0.2) is 29.3 Å². The second-order valence-corrected chi connectivity index (χ2v) is 5.32. The van der Waals surface area contributed by atoms with E-state index in [4.69, 9.17) is 4.74 Å². The zero-order valence-electron chi connectivity index (χ0n) is 10.7. The molecule has 1 N–H and O–H groups in total. The number of hydrogen-bond acceptors (Lipinski definition) is 3. The van der Waals surface area contributed by atoms with Gasteiger partial charge in [-0.1, -0.05) is 24.3 Å². The third-order valence-corrected chi connectivity index (χ3v) is 3.93. The smallest absolute Gasteiger partial charge is 0.188 e. The lowest BCUT2D eigenvalue weighted by atomic mass is 9.91. The fourth-order valence-corrected chi connectivity index (χ4v) is 2.82. The van der Waals surface area contributed by atoms with E-state index in [1.54, 1.807) is 0 Å². The molecular weight excluding hydrogens is 226 g/mol. The molecule has 3 rings (SSSR count). The van der Waals surface area contributed by atoms with Crippen molar-refractivity contribution in [3.05, 3.63) is 35.4 Å². The van der Waals surface area contributed by atoms with Crippen molar-refractivity contribution >= 4 is 5.90 Å². The second kappa shape index (κ2) is 4.73. The molecule has 18 heavy (non-hydrogen) atoms. The topological polar surface area (TPSA) is 41.8 Å². The van der Waals surface area contributed by atoms with Crippen LogP contribution in [0.4, 0.5) is 0 Å². The van der Waals surface area contributed by atoms with E-state index in [9.17, 15) is 5.11 Å². The number of aliphatic hydroxyl groups excluding tert-OH is 1. The van der Waals surface area contributed by atoms with Crippen molar-refractivity contribution in [2.75, 3.05) is 0 Å². The Morgan fingerprint density at radius 2 is 2.17 bits per heavy atom. The predicted molar refractivity (Wildman–Crippen MR) is 70.8 cm³/mol. The third-order valence-electron chi connectivity index (χ3n) is 3.93. The quantitative estimate of drug-likeness (QED) is 0.868. The van der Waals surface area contributed by atoms with Crippen molar-refractivity contribution < 1.29 is 9.84 Å². The lowest BCUT2D eigenvalue weighted by Crippen LogP contribution is -2.33. The number of aryl methyl sites for hydroxylation is 1. The molecule has 1 saturated carbocycles. The standard InChI is InChI=1S/C15H19NO2/c1-10-4-2-3-5-11(10)8-15-16-13-7-6-12(17)9-14(13)18-15/h2-5,12-14,17H,6-9H2,1H3. The molecule has 3 heteroatoms. The largest absolute Gasteiger partial charge is 0.475 e. The second-order valence-electron chi connectivity index (χ2n) is 5.32. The van der Waals surface area contributed by atoms with Crippen LogP contribution in [-0.2, 0) is 11.2 Å². The summed E-state index contributed by atoms with van der Waals surface area (Å²) in [4.78, 5) is 4.66. The minimum absolute atomic E-state index is 0.104. The summed E-state index contributed by atoms with van der Waals surface area (Å²) in [6, 6.07) is 8.60. The van der Waals surface area contributed by atoms with Gasteiger partial charge in [0.1, 0.15) is 6.10 Å². The van der Waals surface area contributed by atoms with Crippen LogP contribution < -0.4 is 0 Å². The minimum atomic E-state index is -0.209. The lowest BCUT2D eigenvalue weighted by Gasteiger charge is -2.26. The molecule has 2 aliphatic rings. The van der Waals surface area contributed by atoms with Crippen LogP contribution in [0.25, 0.3) is 0 Å². The zero-order chi connectivity index (χ0) is 12.5. The molecule has 1 aliphatic carbocycles. The van der Waals surface area contributed by atoms with E-state index in [2.05, 4.69) is 30.1 Å². The number of benzene rings is 1. The SMILES string of the molecule is Cc1ccccc1CC1=NC2CCC(O)CC2O1. The lowest BCUT2D eigenvalue weighted by molar-refractivity contribution is 0.0497. The number of nitrogens with zero attached hydrogens (tertiary/aromatic N) is 1. The molecule has 3 unspecified atom stereocenters. The maximum absolute atomic E-state index is 9.65. The van der Waals surface area contributed by atoms with Gasteiger partial charge >= 0.3 is 0 Å². The fraction of sp³-hybridized carbons (Fsp3) is 0.533. The zero-order valence-corrected chi connectivity index (χ0v) is 10.7. The fourth-order valence-electron chi connectivity index (χ4n) is 2.82. The summed E-state index contributed by atoms with van der Waals surface area (Å²) in [5.41, 5.74) is 2.55. The minimum Gasteiger partial charge on any atom is -0.475 e. The van der Waals surface area contributed by atoms with Crippen molar-refractivity contribution in [3.8, 4) is 0 Å². The van der Waals surface area contributed by atoms with Gasteiger partial charge in [-0.25, -0.2) is 4.99 Å². The van der Waals surface area contributed by atoms with Gasteiger partial charge in [-0.3, -0.25) is 0 Å². The van der Waals surface area contributed by atoms with Crippen molar-refractivity contribution in [2.45, 2.75) is 50.9 Å². The molecule has 0 aromatic heterocycles. The van der Waals surface area contributed by atoms with E-state index in [0.29, 0.717) is 0 Å². The highest BCUT2D eigenvalue weighted by molar-refractivity contribution is 5.81. The summed E-state index contributed by atoms with van der Waals surface area (Å²) in [6.45, 7) is 2.11. The summed E-state index contributed by atoms with van der Waals surface area (Å²) in [6.07, 6.45) is 3.20. The number of hydrogen-bond donors (Lipinski definition) is 1. The molecule has 3 atom stereocenters. The van der Waals surface area contributed by atoms with Crippen LogP contribution in [0.3, 0.4) is 0 Å². The number of rotatable bonds is 2. The summed E-state index contributed by atoms with van der Waals surface area (Å²) >= 11 is 0. The summed E-state index contributed by atoms with van der Waals surface area (Å²) in [5.74, 6) is 0.841. The Kier molecular flexibility index (Phi) is 3.08. The van der Waals surface area contributed by atoms with Crippen LogP contribution in [0.2, 0.25) is 0 Å². The summed E-state index contributed by atoms with van der Waals surface area (Å²) < 4.78 is 5.88. The van der Waals surface area contributed by atoms with E-state index >= 15 is 0 Å². The number of fused-ring (bicyclic) bond motifs is 1. The van der Waals surface area contributed by atoms with E-state index in [1.165, 1.54) is 11.1 Å². The Morgan fingerprint density at radius 3 is 3.00 bits per heavy atom. The molecule has 0 saturated heterocycles. The monoisotopic (exact) mass is 245 g/mol. The average molecular weight is 245 g/mol. The molecule has 96 valence electrons.